The summed E-state index contributed by atoms with van der Waals surface area (Å²) < 4.78 is 11.3. The molecule has 0 bridgehead atoms. The van der Waals surface area contributed by atoms with Crippen molar-refractivity contribution in [3.63, 3.8) is 0 Å². The topological polar surface area (TPSA) is 44.5 Å². The largest absolute Gasteiger partial charge is 0.494 e. The highest BCUT2D eigenvalue weighted by molar-refractivity contribution is 5.47. The standard InChI is InChI=1S/C15H23NO2/c1-2-18-15-7-6-14(16)10-13(15)11-17-9-8-12-4-3-5-12/h6-7,10,12H,2-5,8-9,11,16H2,1H3. The van der Waals surface area contributed by atoms with Crippen LogP contribution in [0.5, 0.6) is 5.75 Å². The van der Waals surface area contributed by atoms with Crippen molar-refractivity contribution in [2.75, 3.05) is 18.9 Å². The highest BCUT2D eigenvalue weighted by Gasteiger charge is 2.16. The highest BCUT2D eigenvalue weighted by Crippen LogP contribution is 2.29. The minimum atomic E-state index is 0.590. The Morgan fingerprint density at radius 2 is 2.17 bits per heavy atom. The molecule has 18 heavy (non-hydrogen) atoms. The van der Waals surface area contributed by atoms with Crippen molar-refractivity contribution in [2.24, 2.45) is 5.92 Å². The minimum absolute atomic E-state index is 0.590. The molecule has 1 fully saturated rings. The van der Waals surface area contributed by atoms with Gasteiger partial charge >= 0.3 is 0 Å². The molecular weight excluding hydrogens is 226 g/mol. The lowest BCUT2D eigenvalue weighted by Gasteiger charge is -2.24. The molecule has 3 heteroatoms. The van der Waals surface area contributed by atoms with Crippen LogP contribution in [0.15, 0.2) is 18.2 Å². The molecule has 0 aliphatic heterocycles. The Morgan fingerprint density at radius 1 is 1.33 bits per heavy atom. The fraction of sp³-hybridized carbons (Fsp3) is 0.600. The average molecular weight is 249 g/mol. The van der Waals surface area contributed by atoms with E-state index in [1.54, 1.807) is 0 Å². The molecule has 0 radical (unpaired) electrons. The van der Waals surface area contributed by atoms with Gasteiger partial charge in [-0.15, -0.1) is 0 Å². The van der Waals surface area contributed by atoms with E-state index in [-0.39, 0.29) is 0 Å². The van der Waals surface area contributed by atoms with Gasteiger partial charge in [-0.25, -0.2) is 0 Å². The van der Waals surface area contributed by atoms with Crippen LogP contribution >= 0.6 is 0 Å². The van der Waals surface area contributed by atoms with Gasteiger partial charge in [0.05, 0.1) is 13.2 Å². The van der Waals surface area contributed by atoms with E-state index in [9.17, 15) is 0 Å². The van der Waals surface area contributed by atoms with Crippen molar-refractivity contribution < 1.29 is 9.47 Å². The quantitative estimate of drug-likeness (QED) is 0.595. The Hall–Kier alpha value is -1.22. The zero-order valence-corrected chi connectivity index (χ0v) is 11.2. The van der Waals surface area contributed by atoms with Crippen LogP contribution in [-0.4, -0.2) is 13.2 Å². The van der Waals surface area contributed by atoms with Crippen molar-refractivity contribution in [1.82, 2.24) is 0 Å². The average Bonchev–Trinajstić information content (AvgIpc) is 2.30. The molecule has 0 aromatic heterocycles. The Labute approximate surface area is 109 Å². The number of ether oxygens (including phenoxy) is 2. The van der Waals surface area contributed by atoms with E-state index in [1.807, 2.05) is 25.1 Å². The third-order valence-electron chi connectivity index (χ3n) is 3.54. The monoisotopic (exact) mass is 249 g/mol. The molecule has 0 saturated heterocycles. The number of nitrogen functional groups attached to an aromatic ring is 1. The smallest absolute Gasteiger partial charge is 0.124 e. The van der Waals surface area contributed by atoms with Gasteiger partial charge in [-0.3, -0.25) is 0 Å². The number of anilines is 1. The fourth-order valence-electron chi connectivity index (χ4n) is 2.22. The summed E-state index contributed by atoms with van der Waals surface area (Å²) in [5.41, 5.74) is 7.60. The minimum Gasteiger partial charge on any atom is -0.494 e. The Kier molecular flexibility index (Phi) is 4.88. The van der Waals surface area contributed by atoms with Crippen molar-refractivity contribution in [1.29, 1.82) is 0 Å². The summed E-state index contributed by atoms with van der Waals surface area (Å²) >= 11 is 0. The predicted octanol–water partition coefficient (Wildman–Crippen LogP) is 3.37. The molecule has 1 saturated carbocycles. The first kappa shape index (κ1) is 13.2. The Morgan fingerprint density at radius 3 is 2.83 bits per heavy atom. The van der Waals surface area contributed by atoms with E-state index in [4.69, 9.17) is 15.2 Å². The normalized spacial score (nSPS) is 15.4. The molecule has 0 unspecified atom stereocenters. The van der Waals surface area contributed by atoms with Crippen LogP contribution in [0.25, 0.3) is 0 Å². The second-order valence-electron chi connectivity index (χ2n) is 4.94. The number of rotatable bonds is 7. The Bertz CT molecular complexity index is 375. The van der Waals surface area contributed by atoms with Gasteiger partial charge in [0.25, 0.3) is 0 Å². The summed E-state index contributed by atoms with van der Waals surface area (Å²) in [6.45, 7) is 4.08. The molecule has 3 nitrogen and oxygen atoms in total. The van der Waals surface area contributed by atoms with Crippen LogP contribution < -0.4 is 10.5 Å². The van der Waals surface area contributed by atoms with Crippen LogP contribution in [0, 0.1) is 5.92 Å². The lowest BCUT2D eigenvalue weighted by atomic mass is 9.83. The first-order chi connectivity index (χ1) is 8.79. The van der Waals surface area contributed by atoms with Crippen LogP contribution in [-0.2, 0) is 11.3 Å². The van der Waals surface area contributed by atoms with Gasteiger partial charge in [-0.05, 0) is 37.5 Å². The molecule has 1 aliphatic rings. The van der Waals surface area contributed by atoms with Crippen LogP contribution in [0.2, 0.25) is 0 Å². The summed E-state index contributed by atoms with van der Waals surface area (Å²) in [4.78, 5) is 0. The number of hydrogen-bond donors (Lipinski definition) is 1. The van der Waals surface area contributed by atoms with Crippen molar-refractivity contribution in [2.45, 2.75) is 39.2 Å². The van der Waals surface area contributed by atoms with Crippen LogP contribution in [0.3, 0.4) is 0 Å². The third-order valence-corrected chi connectivity index (χ3v) is 3.54. The maximum absolute atomic E-state index is 5.80. The maximum Gasteiger partial charge on any atom is 0.124 e. The molecule has 2 N–H and O–H groups in total. The predicted molar refractivity (Wildman–Crippen MR) is 73.6 cm³/mol. The molecule has 0 spiro atoms. The fourth-order valence-corrected chi connectivity index (χ4v) is 2.22. The van der Waals surface area contributed by atoms with E-state index in [1.165, 1.54) is 25.7 Å². The van der Waals surface area contributed by atoms with E-state index >= 15 is 0 Å². The second kappa shape index (κ2) is 6.64. The molecule has 1 aliphatic carbocycles. The van der Waals surface area contributed by atoms with E-state index < -0.39 is 0 Å². The van der Waals surface area contributed by atoms with Crippen LogP contribution in [0.1, 0.15) is 38.2 Å². The van der Waals surface area contributed by atoms with Crippen molar-refractivity contribution in [3.05, 3.63) is 23.8 Å². The van der Waals surface area contributed by atoms with Gasteiger partial charge in [-0.1, -0.05) is 19.3 Å². The lowest BCUT2D eigenvalue weighted by Crippen LogP contribution is -2.13. The first-order valence-electron chi connectivity index (χ1n) is 6.88. The van der Waals surface area contributed by atoms with Crippen molar-refractivity contribution in [3.8, 4) is 5.75 Å². The zero-order valence-electron chi connectivity index (χ0n) is 11.2. The Balaban J connectivity index is 1.80. The molecule has 2 rings (SSSR count). The number of benzene rings is 1. The second-order valence-corrected chi connectivity index (χ2v) is 4.94. The molecule has 0 atom stereocenters. The maximum atomic E-state index is 5.80. The molecule has 100 valence electrons. The highest BCUT2D eigenvalue weighted by atomic mass is 16.5. The van der Waals surface area contributed by atoms with Gasteiger partial charge in [0.1, 0.15) is 5.75 Å². The number of nitrogens with two attached hydrogens (primary N) is 1. The lowest BCUT2D eigenvalue weighted by molar-refractivity contribution is 0.0933. The third kappa shape index (κ3) is 3.64. The summed E-state index contributed by atoms with van der Waals surface area (Å²) in [6, 6.07) is 5.72. The van der Waals surface area contributed by atoms with Crippen LogP contribution in [0.4, 0.5) is 5.69 Å². The summed E-state index contributed by atoms with van der Waals surface area (Å²) in [5.74, 6) is 1.78. The number of hydrogen-bond acceptors (Lipinski definition) is 3. The summed E-state index contributed by atoms with van der Waals surface area (Å²) in [6.07, 6.45) is 5.35. The molecule has 0 heterocycles. The molecule has 1 aromatic rings. The SMILES string of the molecule is CCOc1ccc(N)cc1COCCC1CCC1. The van der Waals surface area contributed by atoms with Gasteiger partial charge < -0.3 is 15.2 Å². The van der Waals surface area contributed by atoms with E-state index in [0.717, 1.165) is 29.5 Å². The molecule has 0 amide bonds. The van der Waals surface area contributed by atoms with Crippen molar-refractivity contribution >= 4 is 5.69 Å². The summed E-state index contributed by atoms with van der Waals surface area (Å²) in [7, 11) is 0. The van der Waals surface area contributed by atoms with E-state index in [0.29, 0.717) is 13.2 Å². The first-order valence-corrected chi connectivity index (χ1v) is 6.88. The molecule has 1 aromatic carbocycles. The van der Waals surface area contributed by atoms with Gasteiger partial charge in [0.15, 0.2) is 0 Å². The molecular formula is C15H23NO2. The van der Waals surface area contributed by atoms with Gasteiger partial charge in [0, 0.05) is 17.9 Å². The van der Waals surface area contributed by atoms with Gasteiger partial charge in [0.2, 0.25) is 0 Å². The zero-order chi connectivity index (χ0) is 12.8. The van der Waals surface area contributed by atoms with E-state index in [2.05, 4.69) is 0 Å². The van der Waals surface area contributed by atoms with Gasteiger partial charge in [-0.2, -0.15) is 0 Å². The summed E-state index contributed by atoms with van der Waals surface area (Å²) in [5, 5.41) is 0.